The molecular weight excluding hydrogens is 166 g/mol. The van der Waals surface area contributed by atoms with Crippen LogP contribution in [0.3, 0.4) is 0 Å². The Morgan fingerprint density at radius 3 is 1.62 bits per heavy atom. The molecule has 0 rings (SSSR count). The quantitative estimate of drug-likeness (QED) is 0.497. The standard InChI is InChI=1S/C10H23NO2/c1-3-9(12)5-7-11-8-6-10(13)4-2/h9-13H,3-8H2,1-2H3. The minimum absolute atomic E-state index is 0.177. The predicted octanol–water partition coefficient (Wildman–Crippen LogP) is 0.898. The molecule has 0 heterocycles. The summed E-state index contributed by atoms with van der Waals surface area (Å²) in [5.41, 5.74) is 0. The van der Waals surface area contributed by atoms with Gasteiger partial charge >= 0.3 is 0 Å². The second kappa shape index (κ2) is 8.48. The summed E-state index contributed by atoms with van der Waals surface area (Å²) in [5, 5.41) is 21.6. The van der Waals surface area contributed by atoms with E-state index in [0.717, 1.165) is 38.8 Å². The Morgan fingerprint density at radius 2 is 1.31 bits per heavy atom. The molecule has 0 saturated heterocycles. The van der Waals surface area contributed by atoms with Gasteiger partial charge in [0.05, 0.1) is 12.2 Å². The van der Waals surface area contributed by atoms with Crippen LogP contribution >= 0.6 is 0 Å². The molecule has 3 nitrogen and oxygen atoms in total. The minimum Gasteiger partial charge on any atom is -0.393 e. The van der Waals surface area contributed by atoms with Crippen molar-refractivity contribution in [1.82, 2.24) is 5.32 Å². The molecule has 13 heavy (non-hydrogen) atoms. The molecule has 0 spiro atoms. The summed E-state index contributed by atoms with van der Waals surface area (Å²) >= 11 is 0. The van der Waals surface area contributed by atoms with Crippen LogP contribution in [0.2, 0.25) is 0 Å². The molecule has 0 saturated carbocycles. The van der Waals surface area contributed by atoms with E-state index < -0.39 is 0 Å². The highest BCUT2D eigenvalue weighted by Crippen LogP contribution is 1.96. The topological polar surface area (TPSA) is 52.5 Å². The second-order valence-corrected chi connectivity index (χ2v) is 3.45. The third-order valence-electron chi connectivity index (χ3n) is 2.25. The Kier molecular flexibility index (Phi) is 8.40. The molecular formula is C10H23NO2. The molecule has 0 aliphatic rings. The highest BCUT2D eigenvalue weighted by molar-refractivity contribution is 4.58. The minimum atomic E-state index is -0.177. The van der Waals surface area contributed by atoms with Crippen molar-refractivity contribution in [3.8, 4) is 0 Å². The smallest absolute Gasteiger partial charge is 0.0549 e. The number of hydrogen-bond donors (Lipinski definition) is 3. The molecule has 0 aliphatic carbocycles. The first kappa shape index (κ1) is 12.9. The zero-order valence-electron chi connectivity index (χ0n) is 8.79. The van der Waals surface area contributed by atoms with Crippen LogP contribution in [-0.2, 0) is 0 Å². The summed E-state index contributed by atoms with van der Waals surface area (Å²) in [6.45, 7) is 5.63. The van der Waals surface area contributed by atoms with E-state index >= 15 is 0 Å². The Labute approximate surface area is 81.2 Å². The summed E-state index contributed by atoms with van der Waals surface area (Å²) < 4.78 is 0. The summed E-state index contributed by atoms with van der Waals surface area (Å²) in [6, 6.07) is 0. The highest BCUT2D eigenvalue weighted by atomic mass is 16.3. The van der Waals surface area contributed by atoms with Gasteiger partial charge < -0.3 is 15.5 Å². The average molecular weight is 189 g/mol. The SMILES string of the molecule is CCC(O)CCNCCC(O)CC. The van der Waals surface area contributed by atoms with Crippen molar-refractivity contribution < 1.29 is 10.2 Å². The van der Waals surface area contributed by atoms with Crippen molar-refractivity contribution in [3.63, 3.8) is 0 Å². The van der Waals surface area contributed by atoms with E-state index in [4.69, 9.17) is 0 Å². The van der Waals surface area contributed by atoms with Gasteiger partial charge in [-0.05, 0) is 38.8 Å². The van der Waals surface area contributed by atoms with Gasteiger partial charge in [0.1, 0.15) is 0 Å². The van der Waals surface area contributed by atoms with Crippen molar-refractivity contribution in [2.24, 2.45) is 0 Å². The lowest BCUT2D eigenvalue weighted by Crippen LogP contribution is -2.23. The zero-order chi connectivity index (χ0) is 10.1. The van der Waals surface area contributed by atoms with Crippen molar-refractivity contribution >= 4 is 0 Å². The molecule has 0 amide bonds. The normalized spacial score (nSPS) is 15.7. The van der Waals surface area contributed by atoms with Crippen molar-refractivity contribution in [2.75, 3.05) is 13.1 Å². The molecule has 0 aromatic rings. The molecule has 3 N–H and O–H groups in total. The lowest BCUT2D eigenvalue weighted by atomic mass is 10.2. The molecule has 0 aromatic heterocycles. The Hall–Kier alpha value is -0.120. The fraction of sp³-hybridized carbons (Fsp3) is 1.00. The van der Waals surface area contributed by atoms with Gasteiger partial charge in [0.25, 0.3) is 0 Å². The lowest BCUT2D eigenvalue weighted by molar-refractivity contribution is 0.152. The van der Waals surface area contributed by atoms with E-state index in [0.29, 0.717) is 0 Å². The largest absolute Gasteiger partial charge is 0.393 e. The number of aliphatic hydroxyl groups excluding tert-OH is 2. The molecule has 80 valence electrons. The molecule has 0 aromatic carbocycles. The van der Waals surface area contributed by atoms with Gasteiger partial charge in [-0.1, -0.05) is 13.8 Å². The van der Waals surface area contributed by atoms with Crippen molar-refractivity contribution in [3.05, 3.63) is 0 Å². The molecule has 0 aliphatic heterocycles. The van der Waals surface area contributed by atoms with Crippen LogP contribution in [0.4, 0.5) is 0 Å². The van der Waals surface area contributed by atoms with Crippen LogP contribution in [0.5, 0.6) is 0 Å². The number of rotatable bonds is 8. The average Bonchev–Trinajstić information content (AvgIpc) is 2.16. The number of nitrogens with one attached hydrogen (secondary N) is 1. The first-order chi connectivity index (χ1) is 6.20. The van der Waals surface area contributed by atoms with Crippen LogP contribution in [0.15, 0.2) is 0 Å². The molecule has 3 heteroatoms. The van der Waals surface area contributed by atoms with Crippen LogP contribution < -0.4 is 5.32 Å². The fourth-order valence-corrected chi connectivity index (χ4v) is 1.07. The Bertz CT molecular complexity index is 97.1. The Morgan fingerprint density at radius 1 is 0.923 bits per heavy atom. The maximum Gasteiger partial charge on any atom is 0.0549 e. The van der Waals surface area contributed by atoms with E-state index in [9.17, 15) is 10.2 Å². The highest BCUT2D eigenvalue weighted by Gasteiger charge is 2.01. The fourth-order valence-electron chi connectivity index (χ4n) is 1.07. The van der Waals surface area contributed by atoms with E-state index in [1.165, 1.54) is 0 Å². The van der Waals surface area contributed by atoms with Gasteiger partial charge in [-0.15, -0.1) is 0 Å². The first-order valence-electron chi connectivity index (χ1n) is 5.27. The van der Waals surface area contributed by atoms with Crippen LogP contribution in [0.25, 0.3) is 0 Å². The lowest BCUT2D eigenvalue weighted by Gasteiger charge is -2.10. The Balaban J connectivity index is 3.08. The number of hydrogen-bond acceptors (Lipinski definition) is 3. The predicted molar refractivity (Wildman–Crippen MR) is 54.7 cm³/mol. The van der Waals surface area contributed by atoms with E-state index in [-0.39, 0.29) is 12.2 Å². The van der Waals surface area contributed by atoms with Crippen LogP contribution in [0, 0.1) is 0 Å². The molecule has 0 radical (unpaired) electrons. The molecule has 0 bridgehead atoms. The maximum atomic E-state index is 9.22. The van der Waals surface area contributed by atoms with Gasteiger partial charge in [0.15, 0.2) is 0 Å². The third kappa shape index (κ3) is 8.22. The number of aliphatic hydroxyl groups is 2. The maximum absolute atomic E-state index is 9.22. The van der Waals surface area contributed by atoms with Crippen molar-refractivity contribution in [1.29, 1.82) is 0 Å². The van der Waals surface area contributed by atoms with Gasteiger partial charge in [-0.25, -0.2) is 0 Å². The van der Waals surface area contributed by atoms with Gasteiger partial charge in [-0.2, -0.15) is 0 Å². The molecule has 2 unspecified atom stereocenters. The summed E-state index contributed by atoms with van der Waals surface area (Å²) in [6.07, 6.45) is 2.89. The molecule has 2 atom stereocenters. The van der Waals surface area contributed by atoms with Gasteiger partial charge in [0.2, 0.25) is 0 Å². The van der Waals surface area contributed by atoms with Gasteiger partial charge in [-0.3, -0.25) is 0 Å². The van der Waals surface area contributed by atoms with E-state index in [1.54, 1.807) is 0 Å². The second-order valence-electron chi connectivity index (χ2n) is 3.45. The zero-order valence-corrected chi connectivity index (χ0v) is 8.79. The summed E-state index contributed by atoms with van der Waals surface area (Å²) in [7, 11) is 0. The summed E-state index contributed by atoms with van der Waals surface area (Å²) in [4.78, 5) is 0. The van der Waals surface area contributed by atoms with Crippen LogP contribution in [0.1, 0.15) is 39.5 Å². The van der Waals surface area contributed by atoms with Gasteiger partial charge in [0, 0.05) is 0 Å². The first-order valence-corrected chi connectivity index (χ1v) is 5.27. The van der Waals surface area contributed by atoms with E-state index in [1.807, 2.05) is 13.8 Å². The summed E-state index contributed by atoms with van der Waals surface area (Å²) in [5.74, 6) is 0. The molecule has 0 fully saturated rings. The third-order valence-corrected chi connectivity index (χ3v) is 2.25. The van der Waals surface area contributed by atoms with Crippen LogP contribution in [-0.4, -0.2) is 35.5 Å². The van der Waals surface area contributed by atoms with E-state index in [2.05, 4.69) is 5.32 Å². The van der Waals surface area contributed by atoms with Crippen molar-refractivity contribution in [2.45, 2.75) is 51.7 Å². The monoisotopic (exact) mass is 189 g/mol.